The van der Waals surface area contributed by atoms with Gasteiger partial charge in [-0.2, -0.15) is 13.2 Å². The highest BCUT2D eigenvalue weighted by Gasteiger charge is 2.30. The quantitative estimate of drug-likeness (QED) is 0.425. The molecule has 0 atom stereocenters. The SMILES string of the molecule is O=C(COC(=O)c1cccnc1Nc1cccc(C(F)(F)F)c1)c1ccc2c(c1)OCCO2. The summed E-state index contributed by atoms with van der Waals surface area (Å²) in [6, 6.07) is 12.0. The van der Waals surface area contributed by atoms with Gasteiger partial charge in [0.2, 0.25) is 0 Å². The highest BCUT2D eigenvalue weighted by atomic mass is 19.4. The maximum atomic E-state index is 13.0. The number of carbonyl (C=O) groups is 2. The number of hydrogen-bond donors (Lipinski definition) is 1. The summed E-state index contributed by atoms with van der Waals surface area (Å²) < 4.78 is 54.8. The third-order valence-corrected chi connectivity index (χ3v) is 4.68. The van der Waals surface area contributed by atoms with Crippen molar-refractivity contribution in [3.63, 3.8) is 0 Å². The number of anilines is 2. The number of benzene rings is 2. The van der Waals surface area contributed by atoms with Crippen LogP contribution in [0.4, 0.5) is 24.7 Å². The van der Waals surface area contributed by atoms with E-state index >= 15 is 0 Å². The number of nitrogens with zero attached hydrogens (tertiary/aromatic N) is 1. The molecular weight excluding hydrogens is 441 g/mol. The maximum absolute atomic E-state index is 13.0. The molecular formula is C23H17F3N2O5. The minimum absolute atomic E-state index is 0.00592. The van der Waals surface area contributed by atoms with Crippen LogP contribution in [0, 0.1) is 0 Å². The fraction of sp³-hybridized carbons (Fsp3) is 0.174. The Bertz CT molecular complexity index is 1200. The second kappa shape index (κ2) is 9.19. The van der Waals surface area contributed by atoms with Crippen LogP contribution in [0.1, 0.15) is 26.3 Å². The highest BCUT2D eigenvalue weighted by Crippen LogP contribution is 2.32. The Hall–Kier alpha value is -4.08. The Kier molecular flexibility index (Phi) is 6.16. The number of hydrogen-bond acceptors (Lipinski definition) is 7. The molecule has 1 N–H and O–H groups in total. The zero-order valence-corrected chi connectivity index (χ0v) is 17.0. The summed E-state index contributed by atoms with van der Waals surface area (Å²) >= 11 is 0. The number of ketones is 1. The number of esters is 1. The largest absolute Gasteiger partial charge is 0.486 e. The minimum atomic E-state index is -4.52. The molecule has 0 saturated heterocycles. The predicted molar refractivity (Wildman–Crippen MR) is 111 cm³/mol. The Labute approximate surface area is 186 Å². The molecule has 0 bridgehead atoms. The first-order valence-corrected chi connectivity index (χ1v) is 9.80. The topological polar surface area (TPSA) is 86.8 Å². The third kappa shape index (κ3) is 5.22. The molecule has 0 saturated carbocycles. The molecule has 3 aromatic rings. The van der Waals surface area contributed by atoms with Gasteiger partial charge < -0.3 is 19.5 Å². The molecule has 0 amide bonds. The molecule has 1 aliphatic rings. The number of pyridine rings is 1. The lowest BCUT2D eigenvalue weighted by molar-refractivity contribution is -0.137. The molecule has 0 unspecified atom stereocenters. The second-order valence-corrected chi connectivity index (χ2v) is 6.96. The lowest BCUT2D eigenvalue weighted by atomic mass is 10.1. The van der Waals surface area contributed by atoms with Crippen LogP contribution in [-0.4, -0.2) is 36.6 Å². The normalized spacial score (nSPS) is 12.7. The van der Waals surface area contributed by atoms with Gasteiger partial charge in [0.25, 0.3) is 0 Å². The molecule has 0 radical (unpaired) electrons. The van der Waals surface area contributed by atoms with Crippen molar-refractivity contribution in [1.82, 2.24) is 4.98 Å². The van der Waals surface area contributed by atoms with Crippen molar-refractivity contribution in [1.29, 1.82) is 0 Å². The first-order valence-electron chi connectivity index (χ1n) is 9.80. The molecule has 2 heterocycles. The zero-order valence-electron chi connectivity index (χ0n) is 17.0. The van der Waals surface area contributed by atoms with E-state index in [0.29, 0.717) is 24.7 Å². The molecule has 10 heteroatoms. The van der Waals surface area contributed by atoms with Crippen LogP contribution in [0.15, 0.2) is 60.8 Å². The molecule has 1 aromatic heterocycles. The molecule has 0 spiro atoms. The van der Waals surface area contributed by atoms with Crippen LogP contribution in [0.5, 0.6) is 11.5 Å². The van der Waals surface area contributed by atoms with Crippen molar-refractivity contribution in [3.8, 4) is 11.5 Å². The Morgan fingerprint density at radius 2 is 1.79 bits per heavy atom. The van der Waals surface area contributed by atoms with Gasteiger partial charge in [-0.1, -0.05) is 6.07 Å². The van der Waals surface area contributed by atoms with Crippen LogP contribution >= 0.6 is 0 Å². The molecule has 33 heavy (non-hydrogen) atoms. The van der Waals surface area contributed by atoms with Crippen molar-refractivity contribution in [2.75, 3.05) is 25.1 Å². The summed E-state index contributed by atoms with van der Waals surface area (Å²) in [6.07, 6.45) is -3.15. The van der Waals surface area contributed by atoms with E-state index < -0.39 is 30.1 Å². The fourth-order valence-corrected chi connectivity index (χ4v) is 3.09. The van der Waals surface area contributed by atoms with Gasteiger partial charge >= 0.3 is 12.1 Å². The summed E-state index contributed by atoms with van der Waals surface area (Å²) in [7, 11) is 0. The van der Waals surface area contributed by atoms with Gasteiger partial charge in [-0.25, -0.2) is 9.78 Å². The summed E-state index contributed by atoms with van der Waals surface area (Å²) in [6.45, 7) is 0.235. The van der Waals surface area contributed by atoms with Crippen molar-refractivity contribution < 1.29 is 37.0 Å². The molecule has 170 valence electrons. The number of fused-ring (bicyclic) bond motifs is 1. The van der Waals surface area contributed by atoms with Crippen molar-refractivity contribution in [2.24, 2.45) is 0 Å². The predicted octanol–water partition coefficient (Wildman–Crippen LogP) is 4.65. The number of rotatable bonds is 6. The van der Waals surface area contributed by atoms with Crippen LogP contribution in [0.2, 0.25) is 0 Å². The first-order chi connectivity index (χ1) is 15.8. The average molecular weight is 458 g/mol. The Balaban J connectivity index is 1.45. The highest BCUT2D eigenvalue weighted by molar-refractivity contribution is 6.01. The second-order valence-electron chi connectivity index (χ2n) is 6.96. The van der Waals surface area contributed by atoms with E-state index in [2.05, 4.69) is 10.3 Å². The zero-order chi connectivity index (χ0) is 23.4. The number of halogens is 3. The number of alkyl halides is 3. The molecule has 1 aliphatic heterocycles. The molecule has 0 aliphatic carbocycles. The summed E-state index contributed by atoms with van der Waals surface area (Å²) in [4.78, 5) is 29.0. The summed E-state index contributed by atoms with van der Waals surface area (Å²) in [5.41, 5.74) is -0.520. The van der Waals surface area contributed by atoms with E-state index in [0.717, 1.165) is 12.1 Å². The third-order valence-electron chi connectivity index (χ3n) is 4.68. The van der Waals surface area contributed by atoms with Gasteiger partial charge in [-0.3, -0.25) is 4.79 Å². The molecule has 2 aromatic carbocycles. The summed E-state index contributed by atoms with van der Waals surface area (Å²) in [5, 5.41) is 2.69. The maximum Gasteiger partial charge on any atom is 0.416 e. The smallest absolute Gasteiger partial charge is 0.416 e. The van der Waals surface area contributed by atoms with Crippen LogP contribution in [0.25, 0.3) is 0 Å². The number of Topliss-reactive ketones (excluding diaryl/α,β-unsaturated/α-hetero) is 1. The van der Waals surface area contributed by atoms with Crippen molar-refractivity contribution in [3.05, 3.63) is 77.5 Å². The van der Waals surface area contributed by atoms with E-state index in [9.17, 15) is 22.8 Å². The molecule has 0 fully saturated rings. The number of ether oxygens (including phenoxy) is 3. The number of carbonyl (C=O) groups excluding carboxylic acids is 2. The van der Waals surface area contributed by atoms with Gasteiger partial charge in [-0.05, 0) is 48.5 Å². The minimum Gasteiger partial charge on any atom is -0.486 e. The van der Waals surface area contributed by atoms with Gasteiger partial charge in [0.05, 0.1) is 5.56 Å². The van der Waals surface area contributed by atoms with E-state index in [1.807, 2.05) is 0 Å². The van der Waals surface area contributed by atoms with Crippen LogP contribution in [-0.2, 0) is 10.9 Å². The summed E-state index contributed by atoms with van der Waals surface area (Å²) in [5.74, 6) is -0.373. The van der Waals surface area contributed by atoms with Gasteiger partial charge in [-0.15, -0.1) is 0 Å². The average Bonchev–Trinajstić information content (AvgIpc) is 2.82. The van der Waals surface area contributed by atoms with Crippen LogP contribution < -0.4 is 14.8 Å². The van der Waals surface area contributed by atoms with E-state index in [1.165, 1.54) is 42.6 Å². The number of nitrogens with one attached hydrogen (secondary N) is 1. The molecule has 4 rings (SSSR count). The van der Waals surface area contributed by atoms with Crippen LogP contribution in [0.3, 0.4) is 0 Å². The standard InChI is InChI=1S/C23H17F3N2O5/c24-23(25,26)15-3-1-4-16(12-15)28-21-17(5-2-8-27-21)22(30)33-13-18(29)14-6-7-19-20(11-14)32-10-9-31-19/h1-8,11-12H,9-10,13H2,(H,27,28). The van der Waals surface area contributed by atoms with Gasteiger partial charge in [0.15, 0.2) is 23.9 Å². The van der Waals surface area contributed by atoms with E-state index in [4.69, 9.17) is 14.2 Å². The lowest BCUT2D eigenvalue weighted by Gasteiger charge is -2.18. The van der Waals surface area contributed by atoms with Crippen molar-refractivity contribution in [2.45, 2.75) is 6.18 Å². The lowest BCUT2D eigenvalue weighted by Crippen LogP contribution is -2.18. The molecule has 7 nitrogen and oxygen atoms in total. The fourth-order valence-electron chi connectivity index (χ4n) is 3.09. The Morgan fingerprint density at radius 1 is 1.00 bits per heavy atom. The Morgan fingerprint density at radius 3 is 2.58 bits per heavy atom. The number of aromatic nitrogens is 1. The van der Waals surface area contributed by atoms with Gasteiger partial charge in [0, 0.05) is 17.4 Å². The monoisotopic (exact) mass is 458 g/mol. The van der Waals surface area contributed by atoms with E-state index in [-0.39, 0.29) is 22.6 Å². The van der Waals surface area contributed by atoms with E-state index in [1.54, 1.807) is 6.07 Å². The first kappa shape index (κ1) is 22.1. The van der Waals surface area contributed by atoms with Gasteiger partial charge in [0.1, 0.15) is 24.6 Å². The van der Waals surface area contributed by atoms with Crippen molar-refractivity contribution >= 4 is 23.3 Å².